The fourth-order valence-electron chi connectivity index (χ4n) is 3.09. The third-order valence-electron chi connectivity index (χ3n) is 4.65. The molecule has 3 heterocycles. The molecule has 1 fully saturated rings. The zero-order valence-electron chi connectivity index (χ0n) is 14.4. The van der Waals surface area contributed by atoms with Gasteiger partial charge in [0.15, 0.2) is 18.4 Å². The molecule has 24 heavy (non-hydrogen) atoms. The Morgan fingerprint density at radius 3 is 2.58 bits per heavy atom. The molecule has 0 unspecified atom stereocenters. The molecule has 0 spiro atoms. The quantitative estimate of drug-likeness (QED) is 0.785. The summed E-state index contributed by atoms with van der Waals surface area (Å²) in [6, 6.07) is 0. The molecule has 0 bridgehead atoms. The maximum Gasteiger partial charge on any atom is 0.184 e. The van der Waals surface area contributed by atoms with Crippen LogP contribution in [0.25, 0.3) is 0 Å². The average Bonchev–Trinajstić information content (AvgIpc) is 2.56. The Labute approximate surface area is 142 Å². The largest absolute Gasteiger partial charge is 0.496 e. The molecule has 1 saturated heterocycles. The van der Waals surface area contributed by atoms with E-state index in [2.05, 4.69) is 0 Å². The first kappa shape index (κ1) is 17.6. The van der Waals surface area contributed by atoms with Gasteiger partial charge >= 0.3 is 0 Å². The van der Waals surface area contributed by atoms with Gasteiger partial charge in [0.25, 0.3) is 0 Å². The second-order valence-electron chi connectivity index (χ2n) is 6.55. The summed E-state index contributed by atoms with van der Waals surface area (Å²) in [5, 5.41) is 0. The summed E-state index contributed by atoms with van der Waals surface area (Å²) in [5.41, 5.74) is 0. The van der Waals surface area contributed by atoms with Gasteiger partial charge in [-0.05, 0) is 51.8 Å². The van der Waals surface area contributed by atoms with Crippen molar-refractivity contribution < 1.29 is 28.5 Å². The molecule has 0 aromatic carbocycles. The molecule has 3 rings (SSSR count). The van der Waals surface area contributed by atoms with Crippen molar-refractivity contribution in [2.45, 2.75) is 83.1 Å². The summed E-state index contributed by atoms with van der Waals surface area (Å²) in [4.78, 5) is 11.4. The van der Waals surface area contributed by atoms with Crippen LogP contribution in [0.4, 0.5) is 0 Å². The number of rotatable bonds is 4. The molecule has 0 N–H and O–H groups in total. The van der Waals surface area contributed by atoms with Crippen LogP contribution in [0.15, 0.2) is 24.5 Å². The van der Waals surface area contributed by atoms with E-state index in [1.165, 1.54) is 6.08 Å². The van der Waals surface area contributed by atoms with E-state index in [-0.39, 0.29) is 36.5 Å². The van der Waals surface area contributed by atoms with Crippen LogP contribution in [0.2, 0.25) is 0 Å². The Morgan fingerprint density at radius 2 is 1.88 bits per heavy atom. The van der Waals surface area contributed by atoms with E-state index in [1.54, 1.807) is 19.3 Å². The minimum atomic E-state index is -0.497. The monoisotopic (exact) mass is 338 g/mol. The van der Waals surface area contributed by atoms with E-state index >= 15 is 0 Å². The molecule has 7 atom stereocenters. The molecular weight excluding hydrogens is 312 g/mol. The molecule has 0 amide bonds. The van der Waals surface area contributed by atoms with E-state index in [4.69, 9.17) is 23.7 Å². The topological polar surface area (TPSA) is 63.2 Å². The molecule has 0 aliphatic carbocycles. The first-order valence-corrected chi connectivity index (χ1v) is 8.67. The normalized spacial score (nSPS) is 42.8. The summed E-state index contributed by atoms with van der Waals surface area (Å²) >= 11 is 0. The van der Waals surface area contributed by atoms with Crippen molar-refractivity contribution in [3.05, 3.63) is 24.5 Å². The van der Waals surface area contributed by atoms with Crippen molar-refractivity contribution >= 4 is 5.78 Å². The van der Waals surface area contributed by atoms with Crippen molar-refractivity contribution in [2.75, 3.05) is 0 Å². The minimum absolute atomic E-state index is 0.0149. The predicted molar refractivity (Wildman–Crippen MR) is 86.1 cm³/mol. The van der Waals surface area contributed by atoms with Gasteiger partial charge in [-0.15, -0.1) is 0 Å². The summed E-state index contributed by atoms with van der Waals surface area (Å²) in [6.07, 6.45) is 7.94. The Bertz CT molecular complexity index is 502. The van der Waals surface area contributed by atoms with Crippen molar-refractivity contribution in [3.63, 3.8) is 0 Å². The Morgan fingerprint density at radius 1 is 1.04 bits per heavy atom. The summed E-state index contributed by atoms with van der Waals surface area (Å²) in [5.74, 6) is -0.0332. The molecule has 3 aliphatic heterocycles. The Hall–Kier alpha value is -1.21. The second-order valence-corrected chi connectivity index (χ2v) is 6.55. The van der Waals surface area contributed by atoms with E-state index in [1.807, 2.05) is 19.9 Å². The van der Waals surface area contributed by atoms with Gasteiger partial charge in [0.2, 0.25) is 0 Å². The third-order valence-corrected chi connectivity index (χ3v) is 4.65. The van der Waals surface area contributed by atoms with Gasteiger partial charge in [0, 0.05) is 6.42 Å². The fourth-order valence-corrected chi connectivity index (χ4v) is 3.09. The van der Waals surface area contributed by atoms with Crippen LogP contribution in [0.5, 0.6) is 0 Å². The molecule has 0 aromatic rings. The molecule has 3 aliphatic rings. The zero-order chi connectivity index (χ0) is 17.1. The molecule has 0 saturated carbocycles. The number of hydrogen-bond donors (Lipinski definition) is 0. The molecule has 6 heteroatoms. The van der Waals surface area contributed by atoms with Crippen LogP contribution in [0, 0.1) is 0 Å². The zero-order valence-corrected chi connectivity index (χ0v) is 14.4. The maximum atomic E-state index is 11.4. The lowest BCUT2D eigenvalue weighted by atomic mass is 10.0. The highest BCUT2D eigenvalue weighted by atomic mass is 16.7. The summed E-state index contributed by atoms with van der Waals surface area (Å²) < 4.78 is 29.0. The van der Waals surface area contributed by atoms with Crippen LogP contribution in [-0.2, 0) is 28.5 Å². The van der Waals surface area contributed by atoms with E-state index in [0.717, 1.165) is 19.3 Å². The van der Waals surface area contributed by atoms with Crippen LogP contribution in [-0.4, -0.2) is 48.9 Å². The molecule has 0 radical (unpaired) electrons. The number of hydrogen-bond acceptors (Lipinski definition) is 6. The molecule has 0 aromatic heterocycles. The SMILES string of the molecule is C[C@@H]1O[C@@H](O[C@H]2CC[C@H](O[C@H]3CC=CO[C@H]3C)O[C@H]2C)C=CC1=O. The van der Waals surface area contributed by atoms with Crippen molar-refractivity contribution in [1.29, 1.82) is 0 Å². The predicted octanol–water partition coefficient (Wildman–Crippen LogP) is 2.47. The van der Waals surface area contributed by atoms with Crippen LogP contribution >= 0.6 is 0 Å². The van der Waals surface area contributed by atoms with Gasteiger partial charge in [-0.3, -0.25) is 4.79 Å². The van der Waals surface area contributed by atoms with Crippen molar-refractivity contribution in [3.8, 4) is 0 Å². The summed E-state index contributed by atoms with van der Waals surface area (Å²) in [7, 11) is 0. The van der Waals surface area contributed by atoms with E-state index in [0.29, 0.717) is 0 Å². The highest BCUT2D eigenvalue weighted by molar-refractivity contribution is 5.93. The average molecular weight is 338 g/mol. The lowest BCUT2D eigenvalue weighted by Gasteiger charge is -2.38. The van der Waals surface area contributed by atoms with Gasteiger partial charge in [-0.25, -0.2) is 0 Å². The standard InChI is InChI=1S/C18H26O6/c1-11-14(19)6-8-17(21-11)24-16-7-9-18(22-13(16)3)23-15-5-4-10-20-12(15)2/h4,6,8,10-13,15-18H,5,7,9H2,1-3H3/t11-,12-,13-,15-,16-,17-,18-/m0/s1. The smallest absolute Gasteiger partial charge is 0.184 e. The number of carbonyl (C=O) groups excluding carboxylic acids is 1. The molecule has 134 valence electrons. The Kier molecular flexibility index (Phi) is 5.71. The first-order chi connectivity index (χ1) is 11.5. The van der Waals surface area contributed by atoms with Crippen LogP contribution < -0.4 is 0 Å². The lowest BCUT2D eigenvalue weighted by molar-refractivity contribution is -0.271. The van der Waals surface area contributed by atoms with Gasteiger partial charge in [0.1, 0.15) is 18.3 Å². The Balaban J connectivity index is 1.48. The minimum Gasteiger partial charge on any atom is -0.496 e. The van der Waals surface area contributed by atoms with Gasteiger partial charge < -0.3 is 23.7 Å². The number of carbonyl (C=O) groups is 1. The second kappa shape index (κ2) is 7.78. The summed E-state index contributed by atoms with van der Waals surface area (Å²) in [6.45, 7) is 5.71. The van der Waals surface area contributed by atoms with E-state index < -0.39 is 12.4 Å². The van der Waals surface area contributed by atoms with Gasteiger partial charge in [-0.1, -0.05) is 0 Å². The highest BCUT2D eigenvalue weighted by Crippen LogP contribution is 2.28. The van der Waals surface area contributed by atoms with Crippen molar-refractivity contribution in [2.24, 2.45) is 0 Å². The first-order valence-electron chi connectivity index (χ1n) is 8.67. The van der Waals surface area contributed by atoms with Crippen LogP contribution in [0.3, 0.4) is 0 Å². The highest BCUT2D eigenvalue weighted by Gasteiger charge is 2.34. The maximum absolute atomic E-state index is 11.4. The molecule has 6 nitrogen and oxygen atoms in total. The van der Waals surface area contributed by atoms with Crippen molar-refractivity contribution in [1.82, 2.24) is 0 Å². The van der Waals surface area contributed by atoms with Crippen LogP contribution in [0.1, 0.15) is 40.0 Å². The van der Waals surface area contributed by atoms with E-state index in [9.17, 15) is 4.79 Å². The fraction of sp³-hybridized carbons (Fsp3) is 0.722. The van der Waals surface area contributed by atoms with Gasteiger partial charge in [-0.2, -0.15) is 0 Å². The number of ketones is 1. The molecular formula is C18H26O6. The lowest BCUT2D eigenvalue weighted by Crippen LogP contribution is -2.45. The number of ether oxygens (including phenoxy) is 5. The van der Waals surface area contributed by atoms with Gasteiger partial charge in [0.05, 0.1) is 18.5 Å². The third kappa shape index (κ3) is 4.25.